The Morgan fingerprint density at radius 2 is 1.93 bits per heavy atom. The van der Waals surface area contributed by atoms with Crippen molar-refractivity contribution in [1.82, 2.24) is 14.8 Å². The molecule has 7 nitrogen and oxygen atoms in total. The molecule has 140 valence electrons. The van der Waals surface area contributed by atoms with E-state index in [4.69, 9.17) is 4.74 Å². The topological polar surface area (TPSA) is 86.1 Å². The van der Waals surface area contributed by atoms with E-state index in [-0.39, 0.29) is 17.2 Å². The van der Waals surface area contributed by atoms with Crippen molar-refractivity contribution in [3.05, 3.63) is 58.6 Å². The normalized spacial score (nSPS) is 10.7. The molecular weight excluding hydrogens is 344 g/mol. The van der Waals surface area contributed by atoms with Crippen LogP contribution in [0.3, 0.4) is 0 Å². The summed E-state index contributed by atoms with van der Waals surface area (Å²) in [5, 5.41) is 8.15. The maximum Gasteiger partial charge on any atom is 0.276 e. The van der Waals surface area contributed by atoms with Crippen molar-refractivity contribution in [2.45, 2.75) is 32.7 Å². The van der Waals surface area contributed by atoms with Crippen LogP contribution in [-0.4, -0.2) is 27.8 Å². The van der Waals surface area contributed by atoms with Gasteiger partial charge in [0.25, 0.3) is 11.5 Å². The molecule has 1 amide bonds. The number of ether oxygens (including phenoxy) is 1. The number of methoxy groups -OCH3 is 1. The zero-order chi connectivity index (χ0) is 19.2. The maximum atomic E-state index is 12.8. The number of aromatic nitrogens is 3. The fraction of sp³-hybridized carbons (Fsp3) is 0.300. The van der Waals surface area contributed by atoms with Gasteiger partial charge in [0, 0.05) is 18.0 Å². The number of pyridine rings is 1. The summed E-state index contributed by atoms with van der Waals surface area (Å²) in [6.45, 7) is 2.58. The van der Waals surface area contributed by atoms with E-state index in [1.807, 2.05) is 0 Å². The van der Waals surface area contributed by atoms with Gasteiger partial charge in [-0.1, -0.05) is 38.0 Å². The zero-order valence-corrected chi connectivity index (χ0v) is 15.4. The standard InChI is InChI=1S/C20H22N4O3/c1-3-4-7-12-24-20(26)16-9-6-5-8-15(16)18(23-24)19(25)22-14-10-11-17(27-2)21-13-14/h5-6,8-11,13H,3-4,7,12H2,1-2H3,(H,22,25). The Balaban J connectivity index is 1.96. The number of amides is 1. The van der Waals surface area contributed by atoms with E-state index in [0.29, 0.717) is 28.9 Å². The van der Waals surface area contributed by atoms with Crippen LogP contribution >= 0.6 is 0 Å². The summed E-state index contributed by atoms with van der Waals surface area (Å²) in [4.78, 5) is 29.6. The molecule has 2 heterocycles. The number of nitrogens with one attached hydrogen (secondary N) is 1. The largest absolute Gasteiger partial charge is 0.481 e. The molecule has 0 aliphatic carbocycles. The van der Waals surface area contributed by atoms with E-state index in [1.54, 1.807) is 36.4 Å². The monoisotopic (exact) mass is 366 g/mol. The second kappa shape index (κ2) is 8.44. The Labute approximate surface area is 157 Å². The number of benzene rings is 1. The van der Waals surface area contributed by atoms with Gasteiger partial charge in [0.2, 0.25) is 5.88 Å². The lowest BCUT2D eigenvalue weighted by molar-refractivity contribution is 0.102. The van der Waals surface area contributed by atoms with Gasteiger partial charge in [0.1, 0.15) is 0 Å². The molecule has 0 saturated heterocycles. The number of fused-ring (bicyclic) bond motifs is 1. The highest BCUT2D eigenvalue weighted by Crippen LogP contribution is 2.17. The Morgan fingerprint density at radius 3 is 2.59 bits per heavy atom. The molecule has 0 aliphatic rings. The van der Waals surface area contributed by atoms with Gasteiger partial charge in [-0.3, -0.25) is 9.59 Å². The van der Waals surface area contributed by atoms with E-state index >= 15 is 0 Å². The van der Waals surface area contributed by atoms with Gasteiger partial charge < -0.3 is 10.1 Å². The minimum Gasteiger partial charge on any atom is -0.481 e. The molecule has 3 aromatic rings. The number of carbonyl (C=O) groups excluding carboxylic acids is 1. The predicted molar refractivity (Wildman–Crippen MR) is 104 cm³/mol. The van der Waals surface area contributed by atoms with Gasteiger partial charge >= 0.3 is 0 Å². The first-order valence-electron chi connectivity index (χ1n) is 8.95. The van der Waals surface area contributed by atoms with Crippen LogP contribution in [0.15, 0.2) is 47.4 Å². The van der Waals surface area contributed by atoms with Crippen LogP contribution in [0.1, 0.15) is 36.7 Å². The summed E-state index contributed by atoms with van der Waals surface area (Å²) in [6, 6.07) is 10.4. The molecule has 2 aromatic heterocycles. The quantitative estimate of drug-likeness (QED) is 0.649. The summed E-state index contributed by atoms with van der Waals surface area (Å²) < 4.78 is 6.41. The van der Waals surface area contributed by atoms with Gasteiger partial charge in [-0.05, 0) is 18.6 Å². The van der Waals surface area contributed by atoms with Gasteiger partial charge in [-0.25, -0.2) is 9.67 Å². The third-order valence-corrected chi connectivity index (χ3v) is 4.26. The molecule has 3 rings (SSSR count). The number of rotatable bonds is 7. The lowest BCUT2D eigenvalue weighted by Gasteiger charge is -2.11. The first-order valence-corrected chi connectivity index (χ1v) is 8.95. The van der Waals surface area contributed by atoms with Crippen LogP contribution in [0.25, 0.3) is 10.8 Å². The van der Waals surface area contributed by atoms with Crippen molar-refractivity contribution >= 4 is 22.4 Å². The Morgan fingerprint density at radius 1 is 1.15 bits per heavy atom. The molecule has 0 unspecified atom stereocenters. The van der Waals surface area contributed by atoms with E-state index in [1.165, 1.54) is 18.0 Å². The minimum absolute atomic E-state index is 0.177. The van der Waals surface area contributed by atoms with Crippen LogP contribution in [0.5, 0.6) is 5.88 Å². The van der Waals surface area contributed by atoms with Crippen molar-refractivity contribution in [2.24, 2.45) is 0 Å². The number of unbranched alkanes of at least 4 members (excludes halogenated alkanes) is 2. The summed E-state index contributed by atoms with van der Waals surface area (Å²) in [5.74, 6) is 0.0726. The van der Waals surface area contributed by atoms with E-state index < -0.39 is 0 Å². The van der Waals surface area contributed by atoms with Crippen LogP contribution in [-0.2, 0) is 6.54 Å². The molecule has 7 heteroatoms. The number of aryl methyl sites for hydroxylation is 1. The van der Waals surface area contributed by atoms with Gasteiger partial charge in [0.15, 0.2) is 5.69 Å². The molecule has 1 aromatic carbocycles. The highest BCUT2D eigenvalue weighted by molar-refractivity contribution is 6.11. The van der Waals surface area contributed by atoms with Crippen LogP contribution in [0, 0.1) is 0 Å². The van der Waals surface area contributed by atoms with Gasteiger partial charge in [-0.2, -0.15) is 5.10 Å². The Kier molecular flexibility index (Phi) is 5.80. The summed E-state index contributed by atoms with van der Waals surface area (Å²) in [6.07, 6.45) is 4.39. The zero-order valence-electron chi connectivity index (χ0n) is 15.4. The summed E-state index contributed by atoms with van der Waals surface area (Å²) in [7, 11) is 1.53. The van der Waals surface area contributed by atoms with E-state index in [2.05, 4.69) is 22.3 Å². The van der Waals surface area contributed by atoms with E-state index in [9.17, 15) is 9.59 Å². The number of anilines is 1. The molecule has 0 atom stereocenters. The molecule has 0 fully saturated rings. The molecule has 0 bridgehead atoms. The molecule has 0 saturated carbocycles. The third-order valence-electron chi connectivity index (χ3n) is 4.26. The van der Waals surface area contributed by atoms with Crippen LogP contribution < -0.4 is 15.6 Å². The molecular formula is C20H22N4O3. The third kappa shape index (κ3) is 4.13. The Hall–Kier alpha value is -3.22. The smallest absolute Gasteiger partial charge is 0.276 e. The highest BCUT2D eigenvalue weighted by atomic mass is 16.5. The van der Waals surface area contributed by atoms with Gasteiger partial charge in [0.05, 0.1) is 24.4 Å². The molecule has 1 N–H and O–H groups in total. The maximum absolute atomic E-state index is 12.8. The SMILES string of the molecule is CCCCCn1nc(C(=O)Nc2ccc(OC)nc2)c2ccccc2c1=O. The highest BCUT2D eigenvalue weighted by Gasteiger charge is 2.17. The number of carbonyl (C=O) groups is 1. The fourth-order valence-electron chi connectivity index (χ4n) is 2.83. The Bertz CT molecular complexity index is 996. The fourth-order valence-corrected chi connectivity index (χ4v) is 2.83. The number of nitrogens with zero attached hydrogens (tertiary/aromatic N) is 3. The lowest BCUT2D eigenvalue weighted by Crippen LogP contribution is -2.27. The first-order chi connectivity index (χ1) is 13.1. The van der Waals surface area contributed by atoms with Crippen molar-refractivity contribution in [3.8, 4) is 5.88 Å². The van der Waals surface area contributed by atoms with Crippen LogP contribution in [0.4, 0.5) is 5.69 Å². The molecule has 27 heavy (non-hydrogen) atoms. The lowest BCUT2D eigenvalue weighted by atomic mass is 10.1. The molecule has 0 aliphatic heterocycles. The second-order valence-electron chi connectivity index (χ2n) is 6.17. The van der Waals surface area contributed by atoms with Crippen molar-refractivity contribution in [2.75, 3.05) is 12.4 Å². The predicted octanol–water partition coefficient (Wildman–Crippen LogP) is 3.24. The van der Waals surface area contributed by atoms with Crippen molar-refractivity contribution in [1.29, 1.82) is 0 Å². The van der Waals surface area contributed by atoms with Crippen molar-refractivity contribution < 1.29 is 9.53 Å². The summed E-state index contributed by atoms with van der Waals surface area (Å²) in [5.41, 5.74) is 0.567. The van der Waals surface area contributed by atoms with E-state index in [0.717, 1.165) is 19.3 Å². The average molecular weight is 366 g/mol. The molecule has 0 spiro atoms. The average Bonchev–Trinajstić information content (AvgIpc) is 2.70. The van der Waals surface area contributed by atoms with Crippen molar-refractivity contribution in [3.63, 3.8) is 0 Å². The number of hydrogen-bond donors (Lipinski definition) is 1. The second-order valence-corrected chi connectivity index (χ2v) is 6.17. The van der Waals surface area contributed by atoms with Crippen LogP contribution in [0.2, 0.25) is 0 Å². The summed E-state index contributed by atoms with van der Waals surface area (Å²) >= 11 is 0. The minimum atomic E-state index is -0.387. The number of hydrogen-bond acceptors (Lipinski definition) is 5. The first kappa shape index (κ1) is 18.6. The molecule has 0 radical (unpaired) electrons. The van der Waals surface area contributed by atoms with Gasteiger partial charge in [-0.15, -0.1) is 0 Å².